The Hall–Kier alpha value is -3.75. The quantitative estimate of drug-likeness (QED) is 0.415. The first kappa shape index (κ1) is 29.5. The van der Waals surface area contributed by atoms with Gasteiger partial charge in [0.25, 0.3) is 5.91 Å². The summed E-state index contributed by atoms with van der Waals surface area (Å²) >= 11 is 0. The number of aryl methyl sites for hydroxylation is 1. The molecule has 0 fully saturated rings. The maximum Gasteiger partial charge on any atom is 0.408 e. The smallest absolute Gasteiger partial charge is 0.408 e. The van der Waals surface area contributed by atoms with Crippen LogP contribution in [0.2, 0.25) is 0 Å². The van der Waals surface area contributed by atoms with Crippen molar-refractivity contribution in [2.75, 3.05) is 19.0 Å². The summed E-state index contributed by atoms with van der Waals surface area (Å²) in [5.74, 6) is -0.126. The summed E-state index contributed by atoms with van der Waals surface area (Å²) in [5.41, 5.74) is 0.922. The highest BCUT2D eigenvalue weighted by Gasteiger charge is 2.34. The molecule has 0 radical (unpaired) electrons. The fraction of sp³-hybridized carbons (Fsp3) is 0.464. The number of carbonyl (C=O) groups excluding carboxylic acids is 3. The van der Waals surface area contributed by atoms with Crippen molar-refractivity contribution < 1.29 is 29.0 Å². The minimum Gasteiger partial charge on any atom is -0.508 e. The molecule has 2 unspecified atom stereocenters. The van der Waals surface area contributed by atoms with Gasteiger partial charge in [-0.2, -0.15) is 0 Å². The number of nitrogens with zero attached hydrogens (tertiary/aromatic N) is 1. The monoisotopic (exact) mass is 513 g/mol. The van der Waals surface area contributed by atoms with Crippen molar-refractivity contribution in [2.24, 2.45) is 0 Å². The van der Waals surface area contributed by atoms with E-state index in [0.717, 1.165) is 6.42 Å². The van der Waals surface area contributed by atoms with E-state index in [1.54, 1.807) is 78.1 Å². The van der Waals surface area contributed by atoms with E-state index in [2.05, 4.69) is 10.6 Å². The van der Waals surface area contributed by atoms with Gasteiger partial charge in [0.15, 0.2) is 0 Å². The zero-order valence-corrected chi connectivity index (χ0v) is 22.8. The molecule has 2 rings (SSSR count). The highest BCUT2D eigenvalue weighted by Crippen LogP contribution is 2.29. The Labute approximate surface area is 219 Å². The van der Waals surface area contributed by atoms with E-state index < -0.39 is 35.6 Å². The van der Waals surface area contributed by atoms with Crippen LogP contribution in [0.4, 0.5) is 10.5 Å². The molecule has 0 saturated carbocycles. The first-order valence-corrected chi connectivity index (χ1v) is 12.4. The molecule has 37 heavy (non-hydrogen) atoms. The molecule has 2 atom stereocenters. The van der Waals surface area contributed by atoms with Crippen molar-refractivity contribution in [2.45, 2.75) is 72.1 Å². The third-order valence-electron chi connectivity index (χ3n) is 5.59. The molecule has 0 aliphatic heterocycles. The second kappa shape index (κ2) is 13.0. The molecule has 0 aliphatic rings. The lowest BCUT2D eigenvalue weighted by Gasteiger charge is -2.34. The molecule has 9 heteroatoms. The molecule has 2 aromatic carbocycles. The predicted octanol–water partition coefficient (Wildman–Crippen LogP) is 4.93. The summed E-state index contributed by atoms with van der Waals surface area (Å²) < 4.78 is 10.5. The molecule has 0 aromatic heterocycles. The Morgan fingerprint density at radius 2 is 1.73 bits per heavy atom. The van der Waals surface area contributed by atoms with Gasteiger partial charge >= 0.3 is 6.09 Å². The maximum atomic E-state index is 13.7. The van der Waals surface area contributed by atoms with Crippen LogP contribution >= 0.6 is 0 Å². The summed E-state index contributed by atoms with van der Waals surface area (Å²) in [7, 11) is 1.56. The standard InChI is InChI=1S/C28H39N3O6/c1-8-9-16-31(26(34)19(3)29-27(35)37-28(4,5)6)24(20-10-15-23(32)18(2)17-20)25(33)30-21-11-13-22(36-7)14-12-21/h10-15,17,19,24,32H,8-9,16H2,1-7H3,(H,29,35)(H,30,33). The van der Waals surface area contributed by atoms with Crippen LogP contribution in [0.5, 0.6) is 11.5 Å². The van der Waals surface area contributed by atoms with Crippen molar-refractivity contribution in [3.63, 3.8) is 0 Å². The number of rotatable bonds is 10. The largest absolute Gasteiger partial charge is 0.508 e. The molecular formula is C28H39N3O6. The van der Waals surface area contributed by atoms with Gasteiger partial charge in [-0.1, -0.05) is 19.4 Å². The summed E-state index contributed by atoms with van der Waals surface area (Å²) in [6.07, 6.45) is 0.719. The van der Waals surface area contributed by atoms with E-state index in [-0.39, 0.29) is 12.3 Å². The number of carbonyl (C=O) groups is 3. The van der Waals surface area contributed by atoms with E-state index in [1.807, 2.05) is 6.92 Å². The molecule has 9 nitrogen and oxygen atoms in total. The van der Waals surface area contributed by atoms with Gasteiger partial charge in [0.05, 0.1) is 7.11 Å². The summed E-state index contributed by atoms with van der Waals surface area (Å²) in [6, 6.07) is 9.73. The molecule has 0 saturated heterocycles. The van der Waals surface area contributed by atoms with Gasteiger partial charge < -0.3 is 30.1 Å². The number of phenolic OH excluding ortho intramolecular Hbond substituents is 1. The van der Waals surface area contributed by atoms with E-state index in [4.69, 9.17) is 9.47 Å². The van der Waals surface area contributed by atoms with Gasteiger partial charge in [0.2, 0.25) is 5.91 Å². The van der Waals surface area contributed by atoms with Gasteiger partial charge in [0.1, 0.15) is 29.2 Å². The number of nitrogens with one attached hydrogen (secondary N) is 2. The second-order valence-corrected chi connectivity index (χ2v) is 9.92. The Morgan fingerprint density at radius 1 is 1.08 bits per heavy atom. The van der Waals surface area contributed by atoms with Crippen molar-refractivity contribution in [1.82, 2.24) is 10.2 Å². The maximum absolute atomic E-state index is 13.7. The van der Waals surface area contributed by atoms with Crippen molar-refractivity contribution in [3.05, 3.63) is 53.6 Å². The summed E-state index contributed by atoms with van der Waals surface area (Å²) in [4.78, 5) is 41.2. The molecular weight excluding hydrogens is 474 g/mol. The highest BCUT2D eigenvalue weighted by molar-refractivity contribution is 5.99. The first-order valence-electron chi connectivity index (χ1n) is 12.4. The molecule has 3 N–H and O–H groups in total. The third-order valence-corrected chi connectivity index (χ3v) is 5.59. The predicted molar refractivity (Wildman–Crippen MR) is 143 cm³/mol. The van der Waals surface area contributed by atoms with Crippen LogP contribution in [0.15, 0.2) is 42.5 Å². The second-order valence-electron chi connectivity index (χ2n) is 9.92. The van der Waals surface area contributed by atoms with Crippen molar-refractivity contribution in [3.8, 4) is 11.5 Å². The fourth-order valence-corrected chi connectivity index (χ4v) is 3.70. The molecule has 2 aromatic rings. The number of anilines is 1. The lowest BCUT2D eigenvalue weighted by atomic mass is 10.00. The normalized spacial score (nSPS) is 12.7. The first-order chi connectivity index (χ1) is 17.4. The van der Waals surface area contributed by atoms with Crippen LogP contribution in [0.25, 0.3) is 0 Å². The van der Waals surface area contributed by atoms with Gasteiger partial charge in [-0.05, 0) is 88.6 Å². The Kier molecular flexibility index (Phi) is 10.3. The molecule has 0 heterocycles. The number of ether oxygens (including phenoxy) is 2. The van der Waals surface area contributed by atoms with Crippen molar-refractivity contribution in [1.29, 1.82) is 0 Å². The number of hydrogen-bond donors (Lipinski definition) is 3. The van der Waals surface area contributed by atoms with E-state index >= 15 is 0 Å². The number of methoxy groups -OCH3 is 1. The minimum atomic E-state index is -1.01. The van der Waals surface area contributed by atoms with E-state index in [1.165, 1.54) is 11.0 Å². The van der Waals surface area contributed by atoms with Gasteiger partial charge in [-0.3, -0.25) is 9.59 Å². The lowest BCUT2D eigenvalue weighted by Crippen LogP contribution is -2.51. The zero-order valence-electron chi connectivity index (χ0n) is 22.8. The zero-order chi connectivity index (χ0) is 27.8. The number of aromatic hydroxyl groups is 1. The molecule has 0 aliphatic carbocycles. The van der Waals surface area contributed by atoms with Crippen LogP contribution in [-0.4, -0.2) is 53.2 Å². The van der Waals surface area contributed by atoms with E-state index in [9.17, 15) is 19.5 Å². The topological polar surface area (TPSA) is 117 Å². The average molecular weight is 514 g/mol. The Balaban J connectivity index is 2.44. The van der Waals surface area contributed by atoms with Crippen LogP contribution in [0, 0.1) is 6.92 Å². The van der Waals surface area contributed by atoms with E-state index in [0.29, 0.717) is 29.0 Å². The van der Waals surface area contributed by atoms with Gasteiger partial charge in [0, 0.05) is 12.2 Å². The van der Waals surface area contributed by atoms with Gasteiger partial charge in [-0.15, -0.1) is 0 Å². The highest BCUT2D eigenvalue weighted by atomic mass is 16.6. The SMILES string of the molecule is CCCCN(C(=O)C(C)NC(=O)OC(C)(C)C)C(C(=O)Nc1ccc(OC)cc1)c1ccc(O)c(C)c1. The molecule has 3 amide bonds. The number of amides is 3. The molecule has 202 valence electrons. The third kappa shape index (κ3) is 8.70. The lowest BCUT2D eigenvalue weighted by molar-refractivity contribution is -0.140. The number of alkyl carbamates (subject to hydrolysis) is 1. The molecule has 0 bridgehead atoms. The molecule has 0 spiro atoms. The van der Waals surface area contributed by atoms with Gasteiger partial charge in [-0.25, -0.2) is 4.79 Å². The summed E-state index contributed by atoms with van der Waals surface area (Å²) in [6.45, 7) is 10.8. The number of phenols is 1. The number of hydrogen-bond acceptors (Lipinski definition) is 6. The van der Waals surface area contributed by atoms with Crippen molar-refractivity contribution >= 4 is 23.6 Å². The van der Waals surface area contributed by atoms with Crippen LogP contribution in [0.1, 0.15) is 64.6 Å². The average Bonchev–Trinajstić information content (AvgIpc) is 2.82. The van der Waals surface area contributed by atoms with Crippen LogP contribution in [0.3, 0.4) is 0 Å². The number of benzene rings is 2. The Morgan fingerprint density at radius 3 is 2.27 bits per heavy atom. The fourth-order valence-electron chi connectivity index (χ4n) is 3.70. The van der Waals surface area contributed by atoms with Crippen LogP contribution < -0.4 is 15.4 Å². The summed E-state index contributed by atoms with van der Waals surface area (Å²) in [5, 5.41) is 15.5. The minimum absolute atomic E-state index is 0.0875. The van der Waals surface area contributed by atoms with Crippen LogP contribution in [-0.2, 0) is 14.3 Å². The Bertz CT molecular complexity index is 1080. The number of unbranched alkanes of at least 4 members (excludes halogenated alkanes) is 1.